The Hall–Kier alpha value is -1.18. The maximum Gasteiger partial charge on any atom is 0.147 e. The van der Waals surface area contributed by atoms with E-state index in [2.05, 4.69) is 36.3 Å². The molecule has 2 N–H and O–H groups in total. The Morgan fingerprint density at radius 2 is 2.32 bits per heavy atom. The second-order valence-corrected chi connectivity index (χ2v) is 5.84. The third kappa shape index (κ3) is 2.33. The summed E-state index contributed by atoms with van der Waals surface area (Å²) in [4.78, 5) is 6.25. The topological polar surface area (TPSA) is 77.9 Å². The Labute approximate surface area is 122 Å². The summed E-state index contributed by atoms with van der Waals surface area (Å²) >= 11 is 9.50. The molecule has 0 spiro atoms. The summed E-state index contributed by atoms with van der Waals surface area (Å²) in [7, 11) is 0. The highest BCUT2D eigenvalue weighted by Crippen LogP contribution is 2.35. The van der Waals surface area contributed by atoms with Gasteiger partial charge in [0.15, 0.2) is 0 Å². The minimum atomic E-state index is -1.01. The van der Waals surface area contributed by atoms with Crippen LogP contribution in [0.1, 0.15) is 12.1 Å². The number of anilines is 1. The number of rotatable bonds is 2. The van der Waals surface area contributed by atoms with E-state index in [-0.39, 0.29) is 0 Å². The van der Waals surface area contributed by atoms with Gasteiger partial charge in [0.1, 0.15) is 17.1 Å². The zero-order valence-corrected chi connectivity index (χ0v) is 12.2. The zero-order chi connectivity index (χ0) is 13.5. The normalized spacial score (nSPS) is 23.0. The molecule has 0 saturated carbocycles. The molecule has 0 amide bonds. The molecule has 1 aliphatic heterocycles. The predicted octanol–water partition coefficient (Wildman–Crippen LogP) is 1.71. The van der Waals surface area contributed by atoms with E-state index in [1.165, 1.54) is 0 Å². The van der Waals surface area contributed by atoms with E-state index in [9.17, 15) is 5.11 Å². The lowest BCUT2D eigenvalue weighted by Crippen LogP contribution is -2.31. The van der Waals surface area contributed by atoms with Gasteiger partial charge in [-0.05, 0) is 22.0 Å². The van der Waals surface area contributed by atoms with E-state index in [1.807, 2.05) is 4.90 Å². The molecule has 6 nitrogen and oxygen atoms in total. The van der Waals surface area contributed by atoms with Crippen molar-refractivity contribution in [2.24, 2.45) is 0 Å². The van der Waals surface area contributed by atoms with Gasteiger partial charge in [-0.3, -0.25) is 0 Å². The summed E-state index contributed by atoms with van der Waals surface area (Å²) < 4.78 is 0.826. The first-order valence-electron chi connectivity index (χ1n) is 5.73. The molecule has 100 valence electrons. The Kier molecular flexibility index (Phi) is 3.20. The SMILES string of the molecule is O[C@@]1(c2cn[nH]n2)CCN(c2ncc(Br)cc2Cl)C1. The second-order valence-electron chi connectivity index (χ2n) is 4.52. The fourth-order valence-corrected chi connectivity index (χ4v) is 3.00. The predicted molar refractivity (Wildman–Crippen MR) is 74.1 cm³/mol. The highest BCUT2D eigenvalue weighted by molar-refractivity contribution is 9.10. The van der Waals surface area contributed by atoms with Crippen molar-refractivity contribution in [2.45, 2.75) is 12.0 Å². The van der Waals surface area contributed by atoms with E-state index in [1.54, 1.807) is 18.5 Å². The first kappa shape index (κ1) is 12.8. The van der Waals surface area contributed by atoms with Crippen LogP contribution >= 0.6 is 27.5 Å². The molecule has 0 radical (unpaired) electrons. The standard InChI is InChI=1S/C11H11BrClN5O/c12-7-3-8(13)10(14-4-7)18-2-1-11(19,6-18)9-5-15-17-16-9/h3-5,19H,1-2,6H2,(H,15,16,17)/t11-/m0/s1. The molecular weight excluding hydrogens is 334 g/mol. The van der Waals surface area contributed by atoms with Crippen molar-refractivity contribution in [1.29, 1.82) is 0 Å². The molecule has 19 heavy (non-hydrogen) atoms. The molecule has 0 aliphatic carbocycles. The fourth-order valence-electron chi connectivity index (χ4n) is 2.25. The fraction of sp³-hybridized carbons (Fsp3) is 0.364. The van der Waals surface area contributed by atoms with Crippen LogP contribution in [0.4, 0.5) is 5.82 Å². The van der Waals surface area contributed by atoms with Gasteiger partial charge in [0, 0.05) is 23.6 Å². The number of H-pyrrole nitrogens is 1. The smallest absolute Gasteiger partial charge is 0.147 e. The van der Waals surface area contributed by atoms with Crippen LogP contribution in [0.2, 0.25) is 5.02 Å². The van der Waals surface area contributed by atoms with Crippen molar-refractivity contribution in [2.75, 3.05) is 18.0 Å². The number of nitrogens with zero attached hydrogens (tertiary/aromatic N) is 4. The summed E-state index contributed by atoms with van der Waals surface area (Å²) in [5.74, 6) is 0.671. The Balaban J connectivity index is 1.86. The molecule has 3 heterocycles. The quantitative estimate of drug-likeness (QED) is 0.867. The van der Waals surface area contributed by atoms with Crippen molar-refractivity contribution in [3.63, 3.8) is 0 Å². The summed E-state index contributed by atoms with van der Waals surface area (Å²) in [6, 6.07) is 1.79. The van der Waals surface area contributed by atoms with Crippen molar-refractivity contribution in [3.05, 3.63) is 33.6 Å². The number of aromatic nitrogens is 4. The third-order valence-electron chi connectivity index (χ3n) is 3.23. The van der Waals surface area contributed by atoms with Gasteiger partial charge < -0.3 is 10.0 Å². The molecule has 3 rings (SSSR count). The summed E-state index contributed by atoms with van der Waals surface area (Å²) in [5.41, 5.74) is -0.464. The van der Waals surface area contributed by atoms with Crippen LogP contribution in [0.5, 0.6) is 0 Å². The van der Waals surface area contributed by atoms with Crippen LogP contribution in [-0.4, -0.2) is 38.6 Å². The average Bonchev–Trinajstić information content (AvgIpc) is 2.99. The lowest BCUT2D eigenvalue weighted by atomic mass is 10.0. The van der Waals surface area contributed by atoms with Gasteiger partial charge in [0.05, 0.1) is 17.8 Å². The number of pyridine rings is 1. The maximum absolute atomic E-state index is 10.6. The van der Waals surface area contributed by atoms with Gasteiger partial charge in [0.25, 0.3) is 0 Å². The second kappa shape index (κ2) is 4.73. The van der Waals surface area contributed by atoms with Crippen LogP contribution in [0.15, 0.2) is 22.9 Å². The molecule has 1 saturated heterocycles. The van der Waals surface area contributed by atoms with Gasteiger partial charge in [-0.15, -0.1) is 0 Å². The van der Waals surface area contributed by atoms with Crippen LogP contribution < -0.4 is 4.90 Å². The molecule has 8 heteroatoms. The first-order chi connectivity index (χ1) is 9.08. The Morgan fingerprint density at radius 3 is 3.00 bits per heavy atom. The number of hydrogen-bond acceptors (Lipinski definition) is 5. The minimum Gasteiger partial charge on any atom is -0.381 e. The summed E-state index contributed by atoms with van der Waals surface area (Å²) in [5, 5.41) is 21.4. The zero-order valence-electron chi connectivity index (χ0n) is 9.85. The number of aliphatic hydroxyl groups is 1. The highest BCUT2D eigenvalue weighted by atomic mass is 79.9. The molecule has 0 unspecified atom stereocenters. The van der Waals surface area contributed by atoms with Crippen molar-refractivity contribution in [3.8, 4) is 0 Å². The van der Waals surface area contributed by atoms with E-state index >= 15 is 0 Å². The molecule has 1 aliphatic rings. The van der Waals surface area contributed by atoms with Gasteiger partial charge in [-0.2, -0.15) is 15.4 Å². The molecular formula is C11H11BrClN5O. The van der Waals surface area contributed by atoms with Crippen LogP contribution in [0.3, 0.4) is 0 Å². The molecule has 2 aromatic rings. The summed E-state index contributed by atoms with van der Waals surface area (Å²) in [6.07, 6.45) is 3.79. The molecule has 2 aromatic heterocycles. The largest absolute Gasteiger partial charge is 0.381 e. The molecule has 1 fully saturated rings. The van der Waals surface area contributed by atoms with Crippen LogP contribution in [0.25, 0.3) is 0 Å². The monoisotopic (exact) mass is 343 g/mol. The van der Waals surface area contributed by atoms with Crippen LogP contribution in [0, 0.1) is 0 Å². The van der Waals surface area contributed by atoms with Crippen molar-refractivity contribution < 1.29 is 5.11 Å². The third-order valence-corrected chi connectivity index (χ3v) is 3.94. The lowest BCUT2D eigenvalue weighted by Gasteiger charge is -2.22. The lowest BCUT2D eigenvalue weighted by molar-refractivity contribution is 0.0559. The van der Waals surface area contributed by atoms with Gasteiger partial charge in [0.2, 0.25) is 0 Å². The minimum absolute atomic E-state index is 0.397. The summed E-state index contributed by atoms with van der Waals surface area (Å²) in [6.45, 7) is 1.06. The van der Waals surface area contributed by atoms with Crippen LogP contribution in [-0.2, 0) is 5.60 Å². The number of β-amino-alcohol motifs (C(OH)–C–C–N with tert-alkyl or cyclic N) is 1. The maximum atomic E-state index is 10.6. The molecule has 0 bridgehead atoms. The van der Waals surface area contributed by atoms with E-state index in [0.29, 0.717) is 36.0 Å². The van der Waals surface area contributed by atoms with E-state index < -0.39 is 5.60 Å². The highest BCUT2D eigenvalue weighted by Gasteiger charge is 2.40. The average molecular weight is 345 g/mol. The Bertz CT molecular complexity index is 593. The van der Waals surface area contributed by atoms with Gasteiger partial charge in [-0.1, -0.05) is 11.6 Å². The van der Waals surface area contributed by atoms with E-state index in [4.69, 9.17) is 11.6 Å². The van der Waals surface area contributed by atoms with Gasteiger partial charge >= 0.3 is 0 Å². The first-order valence-corrected chi connectivity index (χ1v) is 6.90. The number of hydrogen-bond donors (Lipinski definition) is 2. The van der Waals surface area contributed by atoms with Crippen molar-refractivity contribution in [1.82, 2.24) is 20.4 Å². The van der Waals surface area contributed by atoms with E-state index in [0.717, 1.165) is 4.47 Å². The number of halogens is 2. The number of aromatic amines is 1. The van der Waals surface area contributed by atoms with Crippen molar-refractivity contribution >= 4 is 33.3 Å². The van der Waals surface area contributed by atoms with Gasteiger partial charge in [-0.25, -0.2) is 4.98 Å². The molecule has 0 aromatic carbocycles. The molecule has 1 atom stereocenters. The number of nitrogens with one attached hydrogen (secondary N) is 1. The Morgan fingerprint density at radius 1 is 1.47 bits per heavy atom.